The van der Waals surface area contributed by atoms with E-state index in [2.05, 4.69) is 23.7 Å². The number of benzene rings is 2. The zero-order valence-corrected chi connectivity index (χ0v) is 12.4. The Morgan fingerprint density at radius 3 is 2.39 bits per heavy atom. The van der Waals surface area contributed by atoms with Crippen molar-refractivity contribution in [3.8, 4) is 23.7 Å². The molecule has 114 valence electrons. The molecule has 2 rings (SSSR count). The van der Waals surface area contributed by atoms with Gasteiger partial charge in [-0.15, -0.1) is 0 Å². The van der Waals surface area contributed by atoms with Crippen LogP contribution >= 0.6 is 0 Å². The monoisotopic (exact) mass is 305 g/mol. The molecule has 1 N–H and O–H groups in total. The van der Waals surface area contributed by atoms with Crippen molar-refractivity contribution in [3.63, 3.8) is 0 Å². The highest BCUT2D eigenvalue weighted by Crippen LogP contribution is 2.16. The molecule has 0 bridgehead atoms. The van der Waals surface area contributed by atoms with Crippen LogP contribution in [0.15, 0.2) is 54.6 Å². The lowest BCUT2D eigenvalue weighted by atomic mass is 10.1. The summed E-state index contributed by atoms with van der Waals surface area (Å²) in [6.45, 7) is 0. The van der Waals surface area contributed by atoms with Crippen molar-refractivity contribution in [1.29, 1.82) is 0 Å². The molecule has 0 fully saturated rings. The molecule has 4 heteroatoms. The molecule has 0 radical (unpaired) electrons. The van der Waals surface area contributed by atoms with Crippen LogP contribution < -0.4 is 0 Å². The Balaban J connectivity index is 1.86. The summed E-state index contributed by atoms with van der Waals surface area (Å²) < 4.78 is 0. The maximum absolute atomic E-state index is 10.6. The normalized spacial score (nSPS) is 10.7. The minimum absolute atomic E-state index is 0.0189. The second-order valence-corrected chi connectivity index (χ2v) is 4.81. The fourth-order valence-electron chi connectivity index (χ4n) is 1.92. The second kappa shape index (κ2) is 8.38. The highest BCUT2D eigenvalue weighted by molar-refractivity contribution is 5.37. The summed E-state index contributed by atoms with van der Waals surface area (Å²) in [6, 6.07) is 15.7. The summed E-state index contributed by atoms with van der Waals surface area (Å²) in [6.07, 6.45) is 0.562. The molecule has 0 heterocycles. The second-order valence-electron chi connectivity index (χ2n) is 4.81. The van der Waals surface area contributed by atoms with E-state index in [1.54, 1.807) is 0 Å². The van der Waals surface area contributed by atoms with Crippen molar-refractivity contribution in [3.05, 3.63) is 75.8 Å². The van der Waals surface area contributed by atoms with E-state index in [0.717, 1.165) is 6.42 Å². The van der Waals surface area contributed by atoms with Gasteiger partial charge in [0.25, 0.3) is 5.69 Å². The minimum Gasteiger partial charge on any atom is -0.376 e. The van der Waals surface area contributed by atoms with Crippen LogP contribution in [0, 0.1) is 33.8 Å². The summed E-state index contributed by atoms with van der Waals surface area (Å²) in [7, 11) is 0. The molecule has 2 aromatic carbocycles. The number of hydrogen-bond acceptors (Lipinski definition) is 3. The number of nitro groups is 1. The van der Waals surface area contributed by atoms with E-state index >= 15 is 0 Å². The molecule has 1 atom stereocenters. The Bertz CT molecular complexity index is 775. The van der Waals surface area contributed by atoms with Crippen LogP contribution in [0.1, 0.15) is 23.7 Å². The molecule has 4 nitrogen and oxygen atoms in total. The molecule has 0 aliphatic carbocycles. The van der Waals surface area contributed by atoms with Gasteiger partial charge in [-0.25, -0.2) is 0 Å². The first-order chi connectivity index (χ1) is 11.2. The maximum atomic E-state index is 10.6. The van der Waals surface area contributed by atoms with Gasteiger partial charge in [0.05, 0.1) is 4.92 Å². The van der Waals surface area contributed by atoms with Crippen LogP contribution in [0.3, 0.4) is 0 Å². The van der Waals surface area contributed by atoms with E-state index in [4.69, 9.17) is 0 Å². The molecule has 0 amide bonds. The van der Waals surface area contributed by atoms with Gasteiger partial charge in [-0.2, -0.15) is 0 Å². The molecular formula is C19H15NO3. The van der Waals surface area contributed by atoms with E-state index in [9.17, 15) is 15.2 Å². The Morgan fingerprint density at radius 2 is 1.74 bits per heavy atom. The molecular weight excluding hydrogens is 290 g/mol. The van der Waals surface area contributed by atoms with Crippen molar-refractivity contribution >= 4 is 5.69 Å². The van der Waals surface area contributed by atoms with Crippen molar-refractivity contribution in [1.82, 2.24) is 0 Å². The van der Waals surface area contributed by atoms with Crippen molar-refractivity contribution in [2.75, 3.05) is 0 Å². The van der Waals surface area contributed by atoms with Crippen molar-refractivity contribution in [2.24, 2.45) is 0 Å². The lowest BCUT2D eigenvalue weighted by Gasteiger charge is -2.01. The quantitative estimate of drug-likeness (QED) is 0.535. The third kappa shape index (κ3) is 5.32. The average molecular weight is 305 g/mol. The van der Waals surface area contributed by atoms with Crippen LogP contribution in [-0.4, -0.2) is 10.0 Å². The predicted molar refractivity (Wildman–Crippen MR) is 88.4 cm³/mol. The standard InChI is InChI=1S/C19H15NO3/c21-19(17-12-14-18(15-13-17)20(22)23)11-7-2-1-4-8-16-9-5-3-6-10-16/h3,5-6,9-10,12-15,19,21H,4,8H2/t19-/m0/s1. The highest BCUT2D eigenvalue weighted by atomic mass is 16.6. The van der Waals surface area contributed by atoms with Gasteiger partial charge in [-0.1, -0.05) is 42.2 Å². The number of nitrogens with zero attached hydrogens (tertiary/aromatic N) is 1. The lowest BCUT2D eigenvalue weighted by Crippen LogP contribution is -1.94. The first kappa shape index (κ1) is 16.3. The van der Waals surface area contributed by atoms with E-state index in [-0.39, 0.29) is 5.69 Å². The number of non-ortho nitro benzene ring substituents is 1. The van der Waals surface area contributed by atoms with Gasteiger partial charge in [-0.3, -0.25) is 10.1 Å². The average Bonchev–Trinajstić information content (AvgIpc) is 2.58. The molecule has 23 heavy (non-hydrogen) atoms. The van der Waals surface area contributed by atoms with Gasteiger partial charge >= 0.3 is 0 Å². The van der Waals surface area contributed by atoms with Crippen LogP contribution in [0.25, 0.3) is 0 Å². The molecule has 0 unspecified atom stereocenters. The Hall–Kier alpha value is -3.08. The largest absolute Gasteiger partial charge is 0.376 e. The first-order valence-corrected chi connectivity index (χ1v) is 7.11. The molecule has 0 aromatic heterocycles. The van der Waals surface area contributed by atoms with Crippen LogP contribution in [0.4, 0.5) is 5.69 Å². The molecule has 0 aliphatic rings. The number of rotatable bonds is 4. The first-order valence-electron chi connectivity index (χ1n) is 7.11. The zero-order chi connectivity index (χ0) is 16.5. The Morgan fingerprint density at radius 1 is 1.04 bits per heavy atom. The summed E-state index contributed by atoms with van der Waals surface area (Å²) in [5, 5.41) is 20.4. The third-order valence-electron chi connectivity index (χ3n) is 3.16. The SMILES string of the molecule is O=[N+]([O-])c1ccc([C@@H](O)C#CC#CCCc2ccccc2)cc1. The van der Waals surface area contributed by atoms with E-state index in [1.807, 2.05) is 30.3 Å². The van der Waals surface area contributed by atoms with E-state index in [0.29, 0.717) is 12.0 Å². The minimum atomic E-state index is -1.00. The number of aliphatic hydroxyl groups is 1. The third-order valence-corrected chi connectivity index (χ3v) is 3.16. The molecule has 0 saturated carbocycles. The van der Waals surface area contributed by atoms with Gasteiger partial charge in [0, 0.05) is 18.6 Å². The predicted octanol–water partition coefficient (Wildman–Crippen LogP) is 3.27. The number of aliphatic hydroxyl groups excluding tert-OH is 1. The zero-order valence-electron chi connectivity index (χ0n) is 12.4. The highest BCUT2D eigenvalue weighted by Gasteiger charge is 2.07. The Labute approximate surface area is 134 Å². The van der Waals surface area contributed by atoms with Crippen molar-refractivity contribution < 1.29 is 10.0 Å². The smallest absolute Gasteiger partial charge is 0.269 e. The molecule has 0 saturated heterocycles. The summed E-state index contributed by atoms with van der Waals surface area (Å²) in [5.74, 6) is 10.9. The number of aryl methyl sites for hydroxylation is 1. The molecule has 0 spiro atoms. The topological polar surface area (TPSA) is 63.4 Å². The lowest BCUT2D eigenvalue weighted by molar-refractivity contribution is -0.384. The maximum Gasteiger partial charge on any atom is 0.269 e. The van der Waals surface area contributed by atoms with Crippen LogP contribution in [0.5, 0.6) is 0 Å². The van der Waals surface area contributed by atoms with Crippen molar-refractivity contribution in [2.45, 2.75) is 18.9 Å². The summed E-state index contributed by atoms with van der Waals surface area (Å²) >= 11 is 0. The van der Waals surface area contributed by atoms with Crippen LogP contribution in [0.2, 0.25) is 0 Å². The van der Waals surface area contributed by atoms with Crippen LogP contribution in [-0.2, 0) is 6.42 Å². The molecule has 0 aliphatic heterocycles. The summed E-state index contributed by atoms with van der Waals surface area (Å²) in [4.78, 5) is 10.1. The summed E-state index contributed by atoms with van der Waals surface area (Å²) in [5.41, 5.74) is 1.71. The Kier molecular flexibility index (Phi) is 5.94. The number of hydrogen-bond donors (Lipinski definition) is 1. The number of nitro benzene ring substituents is 1. The van der Waals surface area contributed by atoms with Gasteiger partial charge < -0.3 is 5.11 Å². The van der Waals surface area contributed by atoms with Gasteiger partial charge in [0.15, 0.2) is 0 Å². The fraction of sp³-hybridized carbons (Fsp3) is 0.158. The fourth-order valence-corrected chi connectivity index (χ4v) is 1.92. The van der Waals surface area contributed by atoms with Gasteiger partial charge in [0.2, 0.25) is 0 Å². The molecule has 2 aromatic rings. The van der Waals surface area contributed by atoms with E-state index in [1.165, 1.54) is 29.8 Å². The van der Waals surface area contributed by atoms with E-state index < -0.39 is 11.0 Å². The van der Waals surface area contributed by atoms with Gasteiger partial charge in [0.1, 0.15) is 6.10 Å². The van der Waals surface area contributed by atoms with Gasteiger partial charge in [-0.05, 0) is 41.5 Å².